The monoisotopic (exact) mass is 206 g/mol. The summed E-state index contributed by atoms with van der Waals surface area (Å²) in [5.41, 5.74) is 0.190. The maximum absolute atomic E-state index is 10.9. The lowest BCUT2D eigenvalue weighted by Crippen LogP contribution is -2.34. The van der Waals surface area contributed by atoms with E-state index in [-0.39, 0.29) is 27.8 Å². The number of carbonyl (C=O) groups excluding carboxylic acids is 2. The van der Waals surface area contributed by atoms with E-state index in [2.05, 4.69) is 9.98 Å². The van der Waals surface area contributed by atoms with Gasteiger partial charge in [-0.25, -0.2) is 4.99 Å². The summed E-state index contributed by atoms with van der Waals surface area (Å²) in [5, 5.41) is 18.8. The van der Waals surface area contributed by atoms with E-state index in [0.717, 1.165) is 0 Å². The van der Waals surface area contributed by atoms with Crippen molar-refractivity contribution in [2.75, 3.05) is 0 Å². The molecule has 15 heavy (non-hydrogen) atoms. The molecule has 0 atom stereocenters. The molecule has 0 fully saturated rings. The third-order valence-corrected chi connectivity index (χ3v) is 2.10. The lowest BCUT2D eigenvalue weighted by atomic mass is 10.1. The number of rotatable bonds is 0. The average Bonchev–Trinajstić information content (AvgIpc) is 2.19. The van der Waals surface area contributed by atoms with Gasteiger partial charge in [0.2, 0.25) is 0 Å². The van der Waals surface area contributed by atoms with Crippen molar-refractivity contribution in [2.45, 2.75) is 6.92 Å². The van der Waals surface area contributed by atoms with Crippen LogP contribution in [0.5, 0.6) is 11.5 Å². The third kappa shape index (κ3) is 1.26. The molecular weight excluding hydrogens is 200 g/mol. The average molecular weight is 206 g/mol. The summed E-state index contributed by atoms with van der Waals surface area (Å²) in [5.74, 6) is -2.57. The molecule has 0 saturated carbocycles. The van der Waals surface area contributed by atoms with E-state index >= 15 is 0 Å². The summed E-state index contributed by atoms with van der Waals surface area (Å²) >= 11 is 0. The summed E-state index contributed by atoms with van der Waals surface area (Å²) in [6, 6.07) is 1.18. The number of phenolic OH excluding ortho intramolecular Hbond substituents is 2. The van der Waals surface area contributed by atoms with Crippen LogP contribution in [0.15, 0.2) is 16.1 Å². The maximum Gasteiger partial charge on any atom is 0.338 e. The van der Waals surface area contributed by atoms with Gasteiger partial charge in [-0.2, -0.15) is 4.99 Å². The number of hydrogen-bond acceptors (Lipinski definition) is 4. The summed E-state index contributed by atoms with van der Waals surface area (Å²) in [6.07, 6.45) is 0. The first-order valence-corrected chi connectivity index (χ1v) is 4.08. The molecule has 0 saturated heterocycles. The molecule has 6 heteroatoms. The smallest absolute Gasteiger partial charge is 0.338 e. The number of amides is 2. The molecule has 0 unspecified atom stereocenters. The second-order valence-corrected chi connectivity index (χ2v) is 3.07. The van der Waals surface area contributed by atoms with Crippen molar-refractivity contribution in [1.82, 2.24) is 0 Å². The van der Waals surface area contributed by atoms with Gasteiger partial charge in [0.1, 0.15) is 22.2 Å². The Hall–Kier alpha value is -2.24. The molecular formula is C9H6N2O4. The first-order chi connectivity index (χ1) is 7.00. The quantitative estimate of drug-likeness (QED) is 0.516. The Morgan fingerprint density at radius 2 is 1.73 bits per heavy atom. The van der Waals surface area contributed by atoms with Gasteiger partial charge in [-0.1, -0.05) is 0 Å². The zero-order valence-electron chi connectivity index (χ0n) is 7.68. The molecule has 2 N–H and O–H groups in total. The molecule has 1 aromatic carbocycles. The highest BCUT2D eigenvalue weighted by Crippen LogP contribution is 2.19. The summed E-state index contributed by atoms with van der Waals surface area (Å²) < 4.78 is 0. The van der Waals surface area contributed by atoms with Gasteiger partial charge >= 0.3 is 11.8 Å². The molecule has 1 heterocycles. The Balaban J connectivity index is 2.97. The minimum Gasteiger partial charge on any atom is -0.507 e. The van der Waals surface area contributed by atoms with Gasteiger partial charge < -0.3 is 10.2 Å². The zero-order valence-corrected chi connectivity index (χ0v) is 7.68. The fraction of sp³-hybridized carbons (Fsp3) is 0.111. The number of phenols is 2. The summed E-state index contributed by atoms with van der Waals surface area (Å²) in [7, 11) is 0. The van der Waals surface area contributed by atoms with E-state index in [1.165, 1.54) is 13.0 Å². The number of carbonyl (C=O) groups is 2. The van der Waals surface area contributed by atoms with E-state index in [4.69, 9.17) is 0 Å². The van der Waals surface area contributed by atoms with E-state index < -0.39 is 11.8 Å². The van der Waals surface area contributed by atoms with Gasteiger partial charge in [0.15, 0.2) is 0 Å². The number of aromatic hydroxyl groups is 2. The van der Waals surface area contributed by atoms with Crippen LogP contribution in [0.4, 0.5) is 0 Å². The fourth-order valence-electron chi connectivity index (χ4n) is 1.23. The van der Waals surface area contributed by atoms with E-state index in [0.29, 0.717) is 0 Å². The molecule has 2 amide bonds. The van der Waals surface area contributed by atoms with Crippen LogP contribution in [-0.2, 0) is 9.59 Å². The molecule has 2 rings (SSSR count). The number of nitrogens with zero attached hydrogens (tertiary/aromatic N) is 2. The molecule has 0 bridgehead atoms. The van der Waals surface area contributed by atoms with Gasteiger partial charge in [-0.05, 0) is 6.92 Å². The van der Waals surface area contributed by atoms with Gasteiger partial charge in [-0.15, -0.1) is 0 Å². The van der Waals surface area contributed by atoms with Crippen LogP contribution in [0, 0.1) is 6.92 Å². The maximum atomic E-state index is 10.9. The Kier molecular flexibility index (Phi) is 1.79. The molecule has 0 radical (unpaired) electrons. The largest absolute Gasteiger partial charge is 0.507 e. The SMILES string of the molecule is Cc1c(O)cc2c(c1O)=NC(=O)C(=O)N=2. The van der Waals surface area contributed by atoms with Gasteiger partial charge in [0.05, 0.1) is 0 Å². The molecule has 1 aromatic rings. The summed E-state index contributed by atoms with van der Waals surface area (Å²) in [6.45, 7) is 1.46. The Bertz CT molecular complexity index is 604. The highest BCUT2D eigenvalue weighted by molar-refractivity contribution is 6.36. The second-order valence-electron chi connectivity index (χ2n) is 3.07. The molecule has 1 aliphatic heterocycles. The normalized spacial score (nSPS) is 14.2. The number of benzene rings is 1. The lowest BCUT2D eigenvalue weighted by Gasteiger charge is -2.04. The molecule has 0 aliphatic carbocycles. The van der Waals surface area contributed by atoms with Crippen LogP contribution >= 0.6 is 0 Å². The minimum atomic E-state index is -1.03. The molecule has 0 spiro atoms. The van der Waals surface area contributed by atoms with Gasteiger partial charge in [0.25, 0.3) is 0 Å². The van der Waals surface area contributed by atoms with E-state index in [9.17, 15) is 19.8 Å². The lowest BCUT2D eigenvalue weighted by molar-refractivity contribution is -0.135. The predicted molar refractivity (Wildman–Crippen MR) is 46.8 cm³/mol. The van der Waals surface area contributed by atoms with Crippen molar-refractivity contribution < 1.29 is 19.8 Å². The van der Waals surface area contributed by atoms with Gasteiger partial charge in [0, 0.05) is 11.6 Å². The zero-order chi connectivity index (χ0) is 11.2. The van der Waals surface area contributed by atoms with Crippen LogP contribution in [-0.4, -0.2) is 22.0 Å². The topological polar surface area (TPSA) is 99.3 Å². The van der Waals surface area contributed by atoms with Crippen LogP contribution in [0.2, 0.25) is 0 Å². The van der Waals surface area contributed by atoms with E-state index in [1.807, 2.05) is 0 Å². The first kappa shape index (κ1) is 9.32. The number of fused-ring (bicyclic) bond motifs is 1. The van der Waals surface area contributed by atoms with Crippen molar-refractivity contribution in [2.24, 2.45) is 9.98 Å². The Morgan fingerprint density at radius 3 is 2.40 bits per heavy atom. The van der Waals surface area contributed by atoms with Crippen molar-refractivity contribution in [3.05, 3.63) is 22.3 Å². The second kappa shape index (κ2) is 2.88. The summed E-state index contributed by atoms with van der Waals surface area (Å²) in [4.78, 5) is 28.6. The standard InChI is InChI=1S/C9H6N2O4/c1-3-5(12)2-4-6(7(3)13)11-9(15)8(14)10-4/h2,12-13H,1H3. The molecule has 76 valence electrons. The van der Waals surface area contributed by atoms with Crippen molar-refractivity contribution in [3.63, 3.8) is 0 Å². The van der Waals surface area contributed by atoms with Gasteiger partial charge in [-0.3, -0.25) is 9.59 Å². The highest BCUT2D eigenvalue weighted by Gasteiger charge is 2.18. The van der Waals surface area contributed by atoms with Crippen molar-refractivity contribution >= 4 is 11.8 Å². The van der Waals surface area contributed by atoms with Crippen LogP contribution in [0.3, 0.4) is 0 Å². The van der Waals surface area contributed by atoms with Crippen molar-refractivity contribution in [3.8, 4) is 11.5 Å². The Labute approximate surface area is 83.2 Å². The van der Waals surface area contributed by atoms with Crippen LogP contribution < -0.4 is 10.7 Å². The molecule has 0 aromatic heterocycles. The molecule has 6 nitrogen and oxygen atoms in total. The highest BCUT2D eigenvalue weighted by atomic mass is 16.3. The Morgan fingerprint density at radius 1 is 1.13 bits per heavy atom. The van der Waals surface area contributed by atoms with Crippen LogP contribution in [0.1, 0.15) is 5.56 Å². The third-order valence-electron chi connectivity index (χ3n) is 2.10. The van der Waals surface area contributed by atoms with Crippen LogP contribution in [0.25, 0.3) is 0 Å². The first-order valence-electron chi connectivity index (χ1n) is 4.08. The number of hydrogen-bond donors (Lipinski definition) is 2. The predicted octanol–water partition coefficient (Wildman–Crippen LogP) is -1.29. The van der Waals surface area contributed by atoms with E-state index in [1.54, 1.807) is 0 Å². The fourth-order valence-corrected chi connectivity index (χ4v) is 1.23. The van der Waals surface area contributed by atoms with Crippen molar-refractivity contribution in [1.29, 1.82) is 0 Å². The molecule has 1 aliphatic rings. The minimum absolute atomic E-state index is 0.000185.